The van der Waals surface area contributed by atoms with Crippen molar-refractivity contribution < 1.29 is 14.3 Å². The second-order valence-corrected chi connectivity index (χ2v) is 5.24. The van der Waals surface area contributed by atoms with E-state index in [0.29, 0.717) is 31.6 Å². The van der Waals surface area contributed by atoms with Crippen molar-refractivity contribution in [2.75, 3.05) is 11.9 Å². The maximum Gasteiger partial charge on any atom is 0.312 e. The van der Waals surface area contributed by atoms with Gasteiger partial charge in [-0.05, 0) is 49.2 Å². The zero-order valence-electron chi connectivity index (χ0n) is 13.3. The Morgan fingerprint density at radius 3 is 2.25 bits per heavy atom. The van der Waals surface area contributed by atoms with E-state index in [1.54, 1.807) is 24.3 Å². The summed E-state index contributed by atoms with van der Waals surface area (Å²) in [4.78, 5) is 22.3. The van der Waals surface area contributed by atoms with Crippen molar-refractivity contribution in [3.05, 3.63) is 54.6 Å². The van der Waals surface area contributed by atoms with Crippen LogP contribution in [-0.2, 0) is 4.79 Å². The molecule has 2 aromatic carbocycles. The number of benzene rings is 2. The van der Waals surface area contributed by atoms with Crippen molar-refractivity contribution in [1.82, 2.24) is 5.32 Å². The largest absolute Gasteiger partial charge is 0.457 e. The van der Waals surface area contributed by atoms with Crippen molar-refractivity contribution in [3.8, 4) is 11.5 Å². The van der Waals surface area contributed by atoms with E-state index in [9.17, 15) is 9.59 Å². The van der Waals surface area contributed by atoms with Crippen LogP contribution in [0.5, 0.6) is 11.5 Å². The highest BCUT2D eigenvalue weighted by Gasteiger charge is 2.03. The molecule has 0 heterocycles. The number of ether oxygens (including phenoxy) is 1. The summed E-state index contributed by atoms with van der Waals surface area (Å²) in [6, 6.07) is 16.2. The average Bonchev–Trinajstić information content (AvgIpc) is 2.57. The van der Waals surface area contributed by atoms with Gasteiger partial charge in [-0.15, -0.1) is 0 Å². The maximum atomic E-state index is 11.8. The Hall–Kier alpha value is -3.02. The SMILES string of the molecule is NC(=O)NCCCCC(=O)Nc1ccc(Oc2ccccc2)cc1. The second-order valence-electron chi connectivity index (χ2n) is 5.24. The minimum absolute atomic E-state index is 0.0641. The first-order chi connectivity index (χ1) is 11.6. The first kappa shape index (κ1) is 17.3. The Kier molecular flexibility index (Phi) is 6.64. The number of carbonyl (C=O) groups is 2. The molecule has 0 fully saturated rings. The predicted octanol–water partition coefficient (Wildman–Crippen LogP) is 3.26. The van der Waals surface area contributed by atoms with Gasteiger partial charge in [-0.2, -0.15) is 0 Å². The van der Waals surface area contributed by atoms with Crippen molar-refractivity contribution in [2.45, 2.75) is 19.3 Å². The summed E-state index contributed by atoms with van der Waals surface area (Å²) in [6.07, 6.45) is 1.78. The zero-order chi connectivity index (χ0) is 17.2. The van der Waals surface area contributed by atoms with Crippen molar-refractivity contribution in [1.29, 1.82) is 0 Å². The Bertz CT molecular complexity index is 657. The molecule has 0 bridgehead atoms. The van der Waals surface area contributed by atoms with E-state index in [-0.39, 0.29) is 5.91 Å². The van der Waals surface area contributed by atoms with Gasteiger partial charge in [0, 0.05) is 18.7 Å². The second kappa shape index (κ2) is 9.19. The Balaban J connectivity index is 1.73. The summed E-state index contributed by atoms with van der Waals surface area (Å²) >= 11 is 0. The summed E-state index contributed by atoms with van der Waals surface area (Å²) in [6.45, 7) is 0.480. The lowest BCUT2D eigenvalue weighted by Gasteiger charge is -2.08. The molecule has 0 saturated carbocycles. The number of anilines is 1. The number of nitrogens with one attached hydrogen (secondary N) is 2. The first-order valence-electron chi connectivity index (χ1n) is 7.79. The fraction of sp³-hybridized carbons (Fsp3) is 0.222. The maximum absolute atomic E-state index is 11.8. The smallest absolute Gasteiger partial charge is 0.312 e. The molecule has 0 aliphatic rings. The highest BCUT2D eigenvalue weighted by atomic mass is 16.5. The van der Waals surface area contributed by atoms with E-state index in [1.165, 1.54) is 0 Å². The van der Waals surface area contributed by atoms with Gasteiger partial charge in [0.25, 0.3) is 0 Å². The van der Waals surface area contributed by atoms with Gasteiger partial charge >= 0.3 is 6.03 Å². The Morgan fingerprint density at radius 2 is 1.58 bits per heavy atom. The summed E-state index contributed by atoms with van der Waals surface area (Å²) in [5.41, 5.74) is 5.68. The van der Waals surface area contributed by atoms with Crippen LogP contribution in [0.2, 0.25) is 0 Å². The average molecular weight is 327 g/mol. The predicted molar refractivity (Wildman–Crippen MR) is 93.0 cm³/mol. The minimum atomic E-state index is -0.544. The zero-order valence-corrected chi connectivity index (χ0v) is 13.3. The number of rotatable bonds is 8. The van der Waals surface area contributed by atoms with Crippen LogP contribution in [-0.4, -0.2) is 18.5 Å². The van der Waals surface area contributed by atoms with Gasteiger partial charge < -0.3 is 21.1 Å². The van der Waals surface area contributed by atoms with Crippen LogP contribution in [0.3, 0.4) is 0 Å². The molecular weight excluding hydrogens is 306 g/mol. The number of para-hydroxylation sites is 1. The van der Waals surface area contributed by atoms with Crippen LogP contribution >= 0.6 is 0 Å². The molecule has 0 aliphatic heterocycles. The van der Waals surface area contributed by atoms with Crippen LogP contribution in [0.1, 0.15) is 19.3 Å². The van der Waals surface area contributed by atoms with Crippen molar-refractivity contribution >= 4 is 17.6 Å². The fourth-order valence-corrected chi connectivity index (χ4v) is 2.08. The van der Waals surface area contributed by atoms with Gasteiger partial charge in [-0.1, -0.05) is 18.2 Å². The Labute approximate surface area is 141 Å². The van der Waals surface area contributed by atoms with Gasteiger partial charge in [0.2, 0.25) is 5.91 Å². The third-order valence-corrected chi connectivity index (χ3v) is 3.25. The van der Waals surface area contributed by atoms with Crippen LogP contribution in [0.4, 0.5) is 10.5 Å². The number of amides is 3. The summed E-state index contributed by atoms with van der Waals surface area (Å²) in [5, 5.41) is 5.31. The lowest BCUT2D eigenvalue weighted by atomic mass is 10.2. The number of nitrogens with two attached hydrogens (primary N) is 1. The first-order valence-corrected chi connectivity index (χ1v) is 7.79. The summed E-state index contributed by atoms with van der Waals surface area (Å²) < 4.78 is 5.69. The van der Waals surface area contributed by atoms with Gasteiger partial charge in [-0.25, -0.2) is 4.79 Å². The molecular formula is C18H21N3O3. The van der Waals surface area contributed by atoms with Gasteiger partial charge in [0.15, 0.2) is 0 Å². The summed E-state index contributed by atoms with van der Waals surface area (Å²) in [7, 11) is 0. The molecule has 126 valence electrons. The Morgan fingerprint density at radius 1 is 0.917 bits per heavy atom. The van der Waals surface area contributed by atoms with E-state index in [2.05, 4.69) is 10.6 Å². The lowest BCUT2D eigenvalue weighted by Crippen LogP contribution is -2.30. The van der Waals surface area contributed by atoms with E-state index >= 15 is 0 Å². The lowest BCUT2D eigenvalue weighted by molar-refractivity contribution is -0.116. The molecule has 2 rings (SSSR count). The minimum Gasteiger partial charge on any atom is -0.457 e. The van der Waals surface area contributed by atoms with E-state index in [0.717, 1.165) is 11.4 Å². The normalized spacial score (nSPS) is 10.0. The number of hydrogen-bond acceptors (Lipinski definition) is 3. The molecule has 6 nitrogen and oxygen atoms in total. The van der Waals surface area contributed by atoms with Gasteiger partial charge in [0.05, 0.1) is 0 Å². The molecule has 0 unspecified atom stereocenters. The molecule has 0 aliphatic carbocycles. The molecule has 0 saturated heterocycles. The number of carbonyl (C=O) groups excluding carboxylic acids is 2. The highest BCUT2D eigenvalue weighted by molar-refractivity contribution is 5.90. The standard InChI is InChI=1S/C18H21N3O3/c19-18(23)20-13-5-4-8-17(22)21-14-9-11-16(12-10-14)24-15-6-2-1-3-7-15/h1-3,6-7,9-12H,4-5,8,13H2,(H,21,22)(H3,19,20,23). The van der Waals surface area contributed by atoms with Crippen molar-refractivity contribution in [3.63, 3.8) is 0 Å². The number of unbranched alkanes of at least 4 members (excludes halogenated alkanes) is 1. The van der Waals surface area contributed by atoms with E-state index < -0.39 is 6.03 Å². The molecule has 0 aromatic heterocycles. The highest BCUT2D eigenvalue weighted by Crippen LogP contribution is 2.22. The molecule has 6 heteroatoms. The number of primary amides is 1. The van der Waals surface area contributed by atoms with Crippen LogP contribution in [0.25, 0.3) is 0 Å². The molecule has 0 spiro atoms. The van der Waals surface area contributed by atoms with Crippen LogP contribution < -0.4 is 21.1 Å². The van der Waals surface area contributed by atoms with Crippen LogP contribution in [0, 0.1) is 0 Å². The summed E-state index contributed by atoms with van der Waals surface area (Å²) in [5.74, 6) is 1.40. The van der Waals surface area contributed by atoms with E-state index in [4.69, 9.17) is 10.5 Å². The molecule has 2 aromatic rings. The molecule has 0 radical (unpaired) electrons. The molecule has 0 atom stereocenters. The fourth-order valence-electron chi connectivity index (χ4n) is 2.08. The molecule has 4 N–H and O–H groups in total. The third-order valence-electron chi connectivity index (χ3n) is 3.25. The van der Waals surface area contributed by atoms with Crippen molar-refractivity contribution in [2.24, 2.45) is 5.73 Å². The quantitative estimate of drug-likeness (QED) is 0.650. The monoisotopic (exact) mass is 327 g/mol. The van der Waals surface area contributed by atoms with Crippen LogP contribution in [0.15, 0.2) is 54.6 Å². The van der Waals surface area contributed by atoms with Gasteiger partial charge in [0.1, 0.15) is 11.5 Å². The molecule has 24 heavy (non-hydrogen) atoms. The van der Waals surface area contributed by atoms with E-state index in [1.807, 2.05) is 30.3 Å². The number of hydrogen-bond donors (Lipinski definition) is 3. The molecule has 3 amide bonds. The topological polar surface area (TPSA) is 93.5 Å². The number of urea groups is 1. The third kappa shape index (κ3) is 6.39. The van der Waals surface area contributed by atoms with Gasteiger partial charge in [-0.3, -0.25) is 4.79 Å².